The lowest BCUT2D eigenvalue weighted by molar-refractivity contribution is 0.669. The Bertz CT molecular complexity index is 3390. The summed E-state index contributed by atoms with van der Waals surface area (Å²) >= 11 is 0. The highest BCUT2D eigenvalue weighted by molar-refractivity contribution is 6.07. The van der Waals surface area contributed by atoms with E-state index in [4.69, 9.17) is 14.4 Å². The largest absolute Gasteiger partial charge is 0.456 e. The van der Waals surface area contributed by atoms with Crippen molar-refractivity contribution >= 4 is 32.7 Å². The Morgan fingerprint density at radius 3 is 1.70 bits per heavy atom. The van der Waals surface area contributed by atoms with Crippen LogP contribution in [0.5, 0.6) is 0 Å². The van der Waals surface area contributed by atoms with E-state index in [2.05, 4.69) is 206 Å². The van der Waals surface area contributed by atoms with Gasteiger partial charge in [0.05, 0.1) is 16.8 Å². The van der Waals surface area contributed by atoms with Gasteiger partial charge in [-0.2, -0.15) is 0 Å². The van der Waals surface area contributed by atoms with Gasteiger partial charge in [0.1, 0.15) is 11.2 Å². The SMILES string of the molecule is c1ccc(C2(c3ccccc3)c3ccccc3-c3c(-c4cc(-c5ccccc5-c5ccc6oc7ccccc7c6c5)nc(-c5cccc6ccccc56)n4)cccc32)cc1. The molecule has 0 N–H and O–H groups in total. The van der Waals surface area contributed by atoms with Crippen LogP contribution < -0.4 is 0 Å². The highest BCUT2D eigenvalue weighted by Gasteiger charge is 2.46. The normalized spacial score (nSPS) is 12.8. The Morgan fingerprint density at radius 2 is 0.900 bits per heavy atom. The van der Waals surface area contributed by atoms with E-state index in [0.717, 1.165) is 71.9 Å². The van der Waals surface area contributed by atoms with E-state index >= 15 is 0 Å². The van der Waals surface area contributed by atoms with Crippen LogP contribution in [0, 0.1) is 0 Å². The number of fused-ring (bicyclic) bond motifs is 7. The molecule has 9 aromatic carbocycles. The van der Waals surface area contributed by atoms with Crippen molar-refractivity contribution in [3.05, 3.63) is 241 Å². The molecule has 1 aliphatic carbocycles. The van der Waals surface area contributed by atoms with Crippen molar-refractivity contribution in [2.75, 3.05) is 0 Å². The van der Waals surface area contributed by atoms with Gasteiger partial charge in [-0.1, -0.05) is 194 Å². The van der Waals surface area contributed by atoms with Crippen LogP contribution in [0.15, 0.2) is 223 Å². The van der Waals surface area contributed by atoms with E-state index in [-0.39, 0.29) is 0 Å². The van der Waals surface area contributed by atoms with Gasteiger partial charge in [0.15, 0.2) is 5.82 Å². The lowest BCUT2D eigenvalue weighted by Gasteiger charge is -2.33. The van der Waals surface area contributed by atoms with Crippen LogP contribution in [0.25, 0.3) is 88.9 Å². The predicted octanol–water partition coefficient (Wildman–Crippen LogP) is 14.6. The highest BCUT2D eigenvalue weighted by atomic mass is 16.3. The Balaban J connectivity index is 1.13. The van der Waals surface area contributed by atoms with Crippen molar-refractivity contribution in [1.29, 1.82) is 0 Å². The molecule has 11 aromatic rings. The second-order valence-electron chi connectivity index (χ2n) is 15.6. The summed E-state index contributed by atoms with van der Waals surface area (Å²) in [6.07, 6.45) is 0. The van der Waals surface area contributed by atoms with E-state index in [1.807, 2.05) is 12.1 Å². The average molecular weight is 765 g/mol. The van der Waals surface area contributed by atoms with Gasteiger partial charge >= 0.3 is 0 Å². The van der Waals surface area contributed by atoms with Gasteiger partial charge in [0, 0.05) is 27.5 Å². The van der Waals surface area contributed by atoms with Crippen LogP contribution in [0.2, 0.25) is 0 Å². The summed E-state index contributed by atoms with van der Waals surface area (Å²) < 4.78 is 6.23. The van der Waals surface area contributed by atoms with Gasteiger partial charge < -0.3 is 4.42 Å². The highest BCUT2D eigenvalue weighted by Crippen LogP contribution is 2.58. The van der Waals surface area contributed by atoms with Crippen molar-refractivity contribution < 1.29 is 4.42 Å². The van der Waals surface area contributed by atoms with Crippen LogP contribution in [0.4, 0.5) is 0 Å². The molecule has 280 valence electrons. The first-order valence-electron chi connectivity index (χ1n) is 20.5. The van der Waals surface area contributed by atoms with Crippen LogP contribution in [-0.2, 0) is 5.41 Å². The maximum absolute atomic E-state index is 6.23. The number of benzene rings is 9. The zero-order valence-corrected chi connectivity index (χ0v) is 32.6. The molecule has 0 spiro atoms. The molecule has 0 bridgehead atoms. The van der Waals surface area contributed by atoms with Gasteiger partial charge in [-0.15, -0.1) is 0 Å². The van der Waals surface area contributed by atoms with Gasteiger partial charge in [0.25, 0.3) is 0 Å². The van der Waals surface area contributed by atoms with Crippen molar-refractivity contribution in [3.63, 3.8) is 0 Å². The molecule has 0 aliphatic heterocycles. The molecule has 0 amide bonds. The van der Waals surface area contributed by atoms with Crippen LogP contribution >= 0.6 is 0 Å². The molecule has 3 heteroatoms. The van der Waals surface area contributed by atoms with Crippen LogP contribution in [0.3, 0.4) is 0 Å². The van der Waals surface area contributed by atoms with E-state index in [9.17, 15) is 0 Å². The Labute approximate surface area is 347 Å². The number of para-hydroxylation sites is 1. The standard InChI is InChI=1S/C57H36N2O/c1-3-19-39(20-4-1)57(40-21-5-2-6-22-40)49-30-13-11-27-46(49)55-47(29-16-31-50(55)57)52-36-51(58-56(59-52)45-28-15-18-37-17-7-8-23-41(37)45)43-25-10-9-24-42(43)38-33-34-54-48(35-38)44-26-12-14-32-53(44)60-54/h1-36H. The summed E-state index contributed by atoms with van der Waals surface area (Å²) in [6.45, 7) is 0. The first-order chi connectivity index (χ1) is 29.8. The molecule has 0 atom stereocenters. The minimum atomic E-state index is -0.527. The third-order valence-electron chi connectivity index (χ3n) is 12.4. The molecule has 0 saturated carbocycles. The van der Waals surface area contributed by atoms with Crippen molar-refractivity contribution in [1.82, 2.24) is 9.97 Å². The van der Waals surface area contributed by atoms with E-state index in [1.165, 1.54) is 33.4 Å². The maximum Gasteiger partial charge on any atom is 0.161 e. The Morgan fingerprint density at radius 1 is 0.350 bits per heavy atom. The summed E-state index contributed by atoms with van der Waals surface area (Å²) in [6, 6.07) is 78.1. The summed E-state index contributed by atoms with van der Waals surface area (Å²) in [7, 11) is 0. The molecule has 1 aliphatic rings. The first-order valence-corrected chi connectivity index (χ1v) is 20.5. The van der Waals surface area contributed by atoms with Crippen LogP contribution in [0.1, 0.15) is 22.3 Å². The predicted molar refractivity (Wildman–Crippen MR) is 246 cm³/mol. The minimum Gasteiger partial charge on any atom is -0.456 e. The lowest BCUT2D eigenvalue weighted by Crippen LogP contribution is -2.28. The monoisotopic (exact) mass is 764 g/mol. The Kier molecular flexibility index (Phi) is 7.76. The molecular weight excluding hydrogens is 729 g/mol. The second kappa shape index (κ2) is 13.6. The molecule has 60 heavy (non-hydrogen) atoms. The Hall–Kier alpha value is -7.88. The number of hydrogen-bond donors (Lipinski definition) is 0. The molecule has 0 unspecified atom stereocenters. The third-order valence-corrected chi connectivity index (χ3v) is 12.4. The zero-order valence-electron chi connectivity index (χ0n) is 32.6. The van der Waals surface area contributed by atoms with E-state index in [0.29, 0.717) is 5.82 Å². The van der Waals surface area contributed by atoms with Crippen molar-refractivity contribution in [2.45, 2.75) is 5.41 Å². The fraction of sp³-hybridized carbons (Fsp3) is 0.0175. The molecule has 0 fully saturated rings. The van der Waals surface area contributed by atoms with Crippen molar-refractivity contribution in [3.8, 4) is 56.2 Å². The van der Waals surface area contributed by atoms with Gasteiger partial charge in [0.2, 0.25) is 0 Å². The first kappa shape index (κ1) is 34.2. The second-order valence-corrected chi connectivity index (χ2v) is 15.6. The molecule has 2 heterocycles. The fourth-order valence-electron chi connectivity index (χ4n) is 9.82. The summed E-state index contributed by atoms with van der Waals surface area (Å²) in [5.74, 6) is 0.687. The lowest BCUT2D eigenvalue weighted by atomic mass is 9.67. The molecule has 2 aromatic heterocycles. The number of furan rings is 1. The molecule has 12 rings (SSSR count). The molecular formula is C57H36N2O. The number of rotatable bonds is 6. The number of aromatic nitrogens is 2. The zero-order chi connectivity index (χ0) is 39.6. The maximum atomic E-state index is 6.23. The fourth-order valence-corrected chi connectivity index (χ4v) is 9.82. The topological polar surface area (TPSA) is 38.9 Å². The quantitative estimate of drug-likeness (QED) is 0.169. The van der Waals surface area contributed by atoms with E-state index < -0.39 is 5.41 Å². The number of hydrogen-bond acceptors (Lipinski definition) is 3. The van der Waals surface area contributed by atoms with Gasteiger partial charge in [-0.3, -0.25) is 0 Å². The summed E-state index contributed by atoms with van der Waals surface area (Å²) in [5, 5.41) is 4.47. The average Bonchev–Trinajstić information content (AvgIpc) is 3.85. The molecule has 0 saturated heterocycles. The minimum absolute atomic E-state index is 0.527. The molecule has 3 nitrogen and oxygen atoms in total. The van der Waals surface area contributed by atoms with E-state index in [1.54, 1.807) is 0 Å². The third kappa shape index (κ3) is 5.16. The van der Waals surface area contributed by atoms with Gasteiger partial charge in [-0.05, 0) is 79.5 Å². The summed E-state index contributed by atoms with van der Waals surface area (Å²) in [4.78, 5) is 11.0. The number of nitrogens with zero attached hydrogens (tertiary/aromatic N) is 2. The summed E-state index contributed by atoms with van der Waals surface area (Å²) in [5.41, 5.74) is 15.6. The van der Waals surface area contributed by atoms with Crippen LogP contribution in [-0.4, -0.2) is 9.97 Å². The van der Waals surface area contributed by atoms with Crippen molar-refractivity contribution in [2.24, 2.45) is 0 Å². The molecule has 0 radical (unpaired) electrons. The van der Waals surface area contributed by atoms with Gasteiger partial charge in [-0.25, -0.2) is 9.97 Å². The smallest absolute Gasteiger partial charge is 0.161 e.